The second-order valence-corrected chi connectivity index (χ2v) is 9.31. The van der Waals surface area contributed by atoms with Crippen molar-refractivity contribution in [1.29, 1.82) is 0 Å². The molecular formula is C29H32BrN3O6. The molecule has 3 aromatic rings. The summed E-state index contributed by atoms with van der Waals surface area (Å²) in [5.41, 5.74) is 8.04. The summed E-state index contributed by atoms with van der Waals surface area (Å²) in [5.74, 6) is 0.150. The van der Waals surface area contributed by atoms with Crippen molar-refractivity contribution < 1.29 is 28.9 Å². The molecule has 0 heterocycles. The first-order valence-corrected chi connectivity index (χ1v) is 13.1. The first-order valence-electron chi connectivity index (χ1n) is 12.3. The van der Waals surface area contributed by atoms with E-state index in [1.165, 1.54) is 13.2 Å². The minimum Gasteiger partial charge on any atom is -0.491 e. The van der Waals surface area contributed by atoms with Crippen molar-refractivity contribution in [2.45, 2.75) is 25.0 Å². The summed E-state index contributed by atoms with van der Waals surface area (Å²) in [4.78, 5) is 25.2. The van der Waals surface area contributed by atoms with Crippen molar-refractivity contribution in [3.05, 3.63) is 95.0 Å². The van der Waals surface area contributed by atoms with Gasteiger partial charge in [-0.3, -0.25) is 10.1 Å². The van der Waals surface area contributed by atoms with Crippen LogP contribution in [0.1, 0.15) is 24.5 Å². The molecule has 2 atom stereocenters. The Kier molecular flexibility index (Phi) is 11.8. The molecule has 0 saturated heterocycles. The molecule has 3 aromatic carbocycles. The van der Waals surface area contributed by atoms with Crippen LogP contribution in [0, 0.1) is 0 Å². The first kappa shape index (κ1) is 29.7. The Hall–Kier alpha value is -3.86. The van der Waals surface area contributed by atoms with Gasteiger partial charge in [-0.05, 0) is 61.4 Å². The minimum absolute atomic E-state index is 0.0796. The average Bonchev–Trinajstić information content (AvgIpc) is 2.94. The fraction of sp³-hybridized carbons (Fsp3) is 0.241. The molecule has 0 aliphatic carbocycles. The fourth-order valence-electron chi connectivity index (χ4n) is 3.77. The summed E-state index contributed by atoms with van der Waals surface area (Å²) < 4.78 is 18.2. The lowest BCUT2D eigenvalue weighted by atomic mass is 9.99. The Balaban J connectivity index is 1.73. The number of nitrogens with one attached hydrogen (secondary N) is 2. The smallest absolute Gasteiger partial charge is 0.412 e. The summed E-state index contributed by atoms with van der Waals surface area (Å²) in [5, 5.41) is 14.7. The number of aliphatic hydroxyl groups is 1. The van der Waals surface area contributed by atoms with Gasteiger partial charge in [-0.25, -0.2) is 4.79 Å². The van der Waals surface area contributed by atoms with Crippen LogP contribution < -0.4 is 21.1 Å². The van der Waals surface area contributed by atoms with Crippen LogP contribution in [0.15, 0.2) is 89.4 Å². The molecule has 0 radical (unpaired) electrons. The molecule has 2 amide bonds. The maximum absolute atomic E-state index is 12.9. The highest BCUT2D eigenvalue weighted by Gasteiger charge is 2.29. The number of hydrogen-bond acceptors (Lipinski definition) is 7. The number of ether oxygens (including phenoxy) is 3. The van der Waals surface area contributed by atoms with Gasteiger partial charge in [0, 0.05) is 22.8 Å². The van der Waals surface area contributed by atoms with Gasteiger partial charge in [-0.15, -0.1) is 0 Å². The topological polar surface area (TPSA) is 132 Å². The van der Waals surface area contributed by atoms with Gasteiger partial charge in [0.25, 0.3) is 0 Å². The average molecular weight is 598 g/mol. The lowest BCUT2D eigenvalue weighted by Gasteiger charge is -2.27. The number of nitrogens with two attached hydrogens (primary N) is 1. The molecule has 0 bridgehead atoms. The SMILES string of the molecule is CO[C@@H](CC/C=C/C(=O)Nc1ccccc1N)[C@@H](OC(=O)Nc1ccc(Br)cc1)c1ccccc1OCCO. The third-order valence-electron chi connectivity index (χ3n) is 5.65. The third-order valence-corrected chi connectivity index (χ3v) is 6.17. The van der Waals surface area contributed by atoms with E-state index >= 15 is 0 Å². The zero-order valence-electron chi connectivity index (χ0n) is 21.5. The number of allylic oxidation sites excluding steroid dienone is 1. The van der Waals surface area contributed by atoms with Crippen LogP contribution >= 0.6 is 15.9 Å². The van der Waals surface area contributed by atoms with E-state index in [4.69, 9.17) is 19.9 Å². The van der Waals surface area contributed by atoms with Crippen LogP contribution in [-0.2, 0) is 14.3 Å². The number of carbonyl (C=O) groups excluding carboxylic acids is 2. The second kappa shape index (κ2) is 15.5. The van der Waals surface area contributed by atoms with Crippen LogP contribution in [0.3, 0.4) is 0 Å². The molecule has 0 fully saturated rings. The van der Waals surface area contributed by atoms with Crippen LogP contribution in [0.4, 0.5) is 21.9 Å². The molecule has 206 valence electrons. The molecule has 0 spiro atoms. The van der Waals surface area contributed by atoms with E-state index in [-0.39, 0.29) is 19.1 Å². The summed E-state index contributed by atoms with van der Waals surface area (Å²) in [6.07, 6.45) is 1.95. The van der Waals surface area contributed by atoms with E-state index in [0.717, 1.165) is 4.47 Å². The van der Waals surface area contributed by atoms with Gasteiger partial charge in [0.2, 0.25) is 5.91 Å². The van der Waals surface area contributed by atoms with Gasteiger partial charge in [0.05, 0.1) is 24.1 Å². The molecule has 0 unspecified atom stereocenters. The zero-order chi connectivity index (χ0) is 28.0. The number of aliphatic hydroxyl groups excluding tert-OH is 1. The predicted molar refractivity (Wildman–Crippen MR) is 155 cm³/mol. The van der Waals surface area contributed by atoms with Crippen molar-refractivity contribution in [2.24, 2.45) is 0 Å². The monoisotopic (exact) mass is 597 g/mol. The summed E-state index contributed by atoms with van der Waals surface area (Å²) in [6.45, 7) is -0.0879. The van der Waals surface area contributed by atoms with Crippen molar-refractivity contribution in [3.63, 3.8) is 0 Å². The van der Waals surface area contributed by atoms with Gasteiger partial charge in [-0.2, -0.15) is 0 Å². The highest BCUT2D eigenvalue weighted by molar-refractivity contribution is 9.10. The van der Waals surface area contributed by atoms with Crippen molar-refractivity contribution in [1.82, 2.24) is 0 Å². The highest BCUT2D eigenvalue weighted by Crippen LogP contribution is 2.34. The van der Waals surface area contributed by atoms with E-state index in [1.807, 2.05) is 0 Å². The largest absolute Gasteiger partial charge is 0.491 e. The number of methoxy groups -OCH3 is 1. The summed E-state index contributed by atoms with van der Waals surface area (Å²) in [6, 6.07) is 21.2. The Morgan fingerprint density at radius 2 is 1.74 bits per heavy atom. The van der Waals surface area contributed by atoms with E-state index in [0.29, 0.717) is 41.2 Å². The molecule has 0 aliphatic rings. The number of carbonyl (C=O) groups is 2. The molecule has 39 heavy (non-hydrogen) atoms. The number of halogens is 1. The number of para-hydroxylation sites is 3. The molecule has 0 aromatic heterocycles. The number of amides is 2. The predicted octanol–water partition coefficient (Wildman–Crippen LogP) is 5.68. The maximum atomic E-state index is 12.9. The van der Waals surface area contributed by atoms with Gasteiger partial charge in [0.1, 0.15) is 12.4 Å². The number of benzene rings is 3. The summed E-state index contributed by atoms with van der Waals surface area (Å²) in [7, 11) is 1.53. The maximum Gasteiger partial charge on any atom is 0.412 e. The van der Waals surface area contributed by atoms with Gasteiger partial charge in [-0.1, -0.05) is 52.3 Å². The lowest BCUT2D eigenvalue weighted by molar-refractivity contribution is -0.111. The number of nitrogen functional groups attached to an aromatic ring is 1. The van der Waals surface area contributed by atoms with Crippen molar-refractivity contribution >= 4 is 45.0 Å². The van der Waals surface area contributed by atoms with Crippen LogP contribution in [-0.4, -0.2) is 43.5 Å². The molecule has 5 N–H and O–H groups in total. The van der Waals surface area contributed by atoms with Gasteiger partial charge >= 0.3 is 6.09 Å². The van der Waals surface area contributed by atoms with Crippen LogP contribution in [0.2, 0.25) is 0 Å². The minimum atomic E-state index is -0.841. The molecular weight excluding hydrogens is 566 g/mol. The van der Waals surface area contributed by atoms with Crippen LogP contribution in [0.5, 0.6) is 5.75 Å². The quantitative estimate of drug-likeness (QED) is 0.147. The number of anilines is 3. The van der Waals surface area contributed by atoms with E-state index < -0.39 is 18.3 Å². The molecule has 3 rings (SSSR count). The Labute approximate surface area is 236 Å². The number of hydrogen-bond donors (Lipinski definition) is 4. The van der Waals surface area contributed by atoms with E-state index in [1.54, 1.807) is 78.9 Å². The first-order chi connectivity index (χ1) is 18.9. The third kappa shape index (κ3) is 9.43. The normalized spacial score (nSPS) is 12.5. The fourth-order valence-corrected chi connectivity index (χ4v) is 4.03. The lowest BCUT2D eigenvalue weighted by Crippen LogP contribution is -2.28. The van der Waals surface area contributed by atoms with Crippen molar-refractivity contribution in [2.75, 3.05) is 36.7 Å². The zero-order valence-corrected chi connectivity index (χ0v) is 23.1. The number of rotatable bonds is 13. The highest BCUT2D eigenvalue weighted by atomic mass is 79.9. The molecule has 0 aliphatic heterocycles. The molecule has 10 heteroatoms. The van der Waals surface area contributed by atoms with E-state index in [2.05, 4.69) is 26.6 Å². The van der Waals surface area contributed by atoms with Gasteiger partial charge in [0.15, 0.2) is 6.10 Å². The molecule has 9 nitrogen and oxygen atoms in total. The Morgan fingerprint density at radius 1 is 1.03 bits per heavy atom. The Bertz CT molecular complexity index is 1250. The van der Waals surface area contributed by atoms with Crippen LogP contribution in [0.25, 0.3) is 0 Å². The van der Waals surface area contributed by atoms with E-state index in [9.17, 15) is 14.7 Å². The summed E-state index contributed by atoms with van der Waals surface area (Å²) >= 11 is 3.37. The van der Waals surface area contributed by atoms with Crippen molar-refractivity contribution in [3.8, 4) is 5.75 Å². The molecule has 0 saturated carbocycles. The Morgan fingerprint density at radius 3 is 2.46 bits per heavy atom. The standard InChI is InChI=1S/C29H32BrN3O6/c1-37-26(12-6-7-13-27(35)33-24-10-4-3-9-23(24)31)28(22-8-2-5-11-25(22)38-19-18-34)39-29(36)32-21-16-14-20(30)15-17-21/h2-5,7-11,13-17,26,28,34H,6,12,18-19,31H2,1H3,(H,32,36)(H,33,35)/b13-7+/t26-,28-/m0/s1. The van der Waals surface area contributed by atoms with Gasteiger partial charge < -0.3 is 30.4 Å². The second-order valence-electron chi connectivity index (χ2n) is 8.40.